The van der Waals surface area contributed by atoms with Crippen molar-refractivity contribution >= 4 is 17.6 Å². The Kier molecular flexibility index (Phi) is 4.56. The van der Waals surface area contributed by atoms with Crippen LogP contribution >= 0.6 is 11.6 Å². The number of hydrogen-bond donors (Lipinski definition) is 0. The highest BCUT2D eigenvalue weighted by atomic mass is 35.5. The molecule has 21 heavy (non-hydrogen) atoms. The van der Waals surface area contributed by atoms with Crippen LogP contribution in [0.15, 0.2) is 30.3 Å². The number of esters is 1. The van der Waals surface area contributed by atoms with Gasteiger partial charge in [0, 0.05) is 5.69 Å². The largest absolute Gasteiger partial charge is 0.457 e. The number of ether oxygens (including phenoxy) is 1. The topological polar surface area (TPSA) is 63.0 Å². The molecule has 0 saturated carbocycles. The Morgan fingerprint density at radius 1 is 1.38 bits per heavy atom. The molecule has 5 heteroatoms. The highest BCUT2D eigenvalue weighted by molar-refractivity contribution is 6.32. The summed E-state index contributed by atoms with van der Waals surface area (Å²) >= 11 is 6.00. The molecule has 0 saturated heterocycles. The van der Waals surface area contributed by atoms with E-state index in [0.29, 0.717) is 5.56 Å². The van der Waals surface area contributed by atoms with Crippen LogP contribution < -0.4 is 0 Å². The van der Waals surface area contributed by atoms with E-state index in [1.807, 2.05) is 6.07 Å². The van der Waals surface area contributed by atoms with E-state index in [1.165, 1.54) is 0 Å². The van der Waals surface area contributed by atoms with Gasteiger partial charge in [-0.1, -0.05) is 23.7 Å². The van der Waals surface area contributed by atoms with Crippen molar-refractivity contribution in [1.82, 2.24) is 4.98 Å². The van der Waals surface area contributed by atoms with Crippen molar-refractivity contribution in [2.45, 2.75) is 20.5 Å². The number of carbonyl (C=O) groups is 1. The third-order valence-electron chi connectivity index (χ3n) is 2.93. The summed E-state index contributed by atoms with van der Waals surface area (Å²) in [5.74, 6) is -0.521. The quantitative estimate of drug-likeness (QED) is 0.642. The number of aromatic nitrogens is 1. The molecule has 0 radical (unpaired) electrons. The third kappa shape index (κ3) is 3.59. The van der Waals surface area contributed by atoms with E-state index >= 15 is 0 Å². The van der Waals surface area contributed by atoms with Crippen LogP contribution in [-0.2, 0) is 11.3 Å². The van der Waals surface area contributed by atoms with Crippen LogP contribution in [-0.4, -0.2) is 11.0 Å². The van der Waals surface area contributed by atoms with Gasteiger partial charge in [0.05, 0.1) is 17.2 Å². The lowest BCUT2D eigenvalue weighted by molar-refractivity contribution is 0.0471. The maximum atomic E-state index is 12.1. The van der Waals surface area contributed by atoms with Crippen LogP contribution in [0, 0.1) is 25.2 Å². The number of rotatable bonds is 3. The zero-order chi connectivity index (χ0) is 15.4. The molecule has 0 amide bonds. The second-order valence-corrected chi connectivity index (χ2v) is 4.99. The number of aryl methyl sites for hydroxylation is 2. The fourth-order valence-electron chi connectivity index (χ4n) is 1.99. The number of hydrogen-bond acceptors (Lipinski definition) is 4. The van der Waals surface area contributed by atoms with E-state index in [4.69, 9.17) is 21.6 Å². The first-order valence-corrected chi connectivity index (χ1v) is 6.69. The summed E-state index contributed by atoms with van der Waals surface area (Å²) in [5, 5.41) is 8.97. The van der Waals surface area contributed by atoms with Crippen LogP contribution in [0.2, 0.25) is 5.15 Å². The number of nitriles is 1. The molecule has 0 atom stereocenters. The zero-order valence-corrected chi connectivity index (χ0v) is 12.4. The molecular formula is C16H13ClN2O2. The van der Waals surface area contributed by atoms with E-state index in [-0.39, 0.29) is 17.3 Å². The normalized spacial score (nSPS) is 10.0. The van der Waals surface area contributed by atoms with Gasteiger partial charge in [0.2, 0.25) is 0 Å². The Hall–Kier alpha value is -2.38. The average molecular weight is 301 g/mol. The Balaban J connectivity index is 2.14. The first-order valence-electron chi connectivity index (χ1n) is 6.31. The van der Waals surface area contributed by atoms with Gasteiger partial charge >= 0.3 is 5.97 Å². The van der Waals surface area contributed by atoms with Gasteiger partial charge in [-0.15, -0.1) is 0 Å². The maximum Gasteiger partial charge on any atom is 0.341 e. The third-order valence-corrected chi connectivity index (χ3v) is 3.20. The van der Waals surface area contributed by atoms with Gasteiger partial charge in [0.1, 0.15) is 11.8 Å². The standard InChI is InChI=1S/C16H13ClN2O2/c1-10-6-11(2)19-15(17)14(10)16(20)21-9-13-5-3-4-12(7-13)8-18/h3-7H,9H2,1-2H3. The van der Waals surface area contributed by atoms with Crippen molar-refractivity contribution in [2.24, 2.45) is 0 Å². The van der Waals surface area contributed by atoms with Crippen LogP contribution in [0.25, 0.3) is 0 Å². The van der Waals surface area contributed by atoms with Crippen molar-refractivity contribution in [3.05, 3.63) is 63.4 Å². The van der Waals surface area contributed by atoms with Crippen molar-refractivity contribution in [2.75, 3.05) is 0 Å². The second kappa shape index (κ2) is 6.38. The lowest BCUT2D eigenvalue weighted by Gasteiger charge is -2.09. The van der Waals surface area contributed by atoms with Crippen LogP contribution in [0.1, 0.15) is 32.7 Å². The summed E-state index contributed by atoms with van der Waals surface area (Å²) in [6.07, 6.45) is 0. The molecule has 0 N–H and O–H groups in total. The highest BCUT2D eigenvalue weighted by Gasteiger charge is 2.17. The summed E-state index contributed by atoms with van der Waals surface area (Å²) in [6.45, 7) is 3.67. The first kappa shape index (κ1) is 15.0. The molecule has 0 fully saturated rings. The zero-order valence-electron chi connectivity index (χ0n) is 11.7. The molecule has 2 aromatic rings. The summed E-state index contributed by atoms with van der Waals surface area (Å²) in [4.78, 5) is 16.2. The second-order valence-electron chi connectivity index (χ2n) is 4.63. The number of halogens is 1. The maximum absolute atomic E-state index is 12.1. The monoisotopic (exact) mass is 300 g/mol. The van der Waals surface area contributed by atoms with Gasteiger partial charge < -0.3 is 4.74 Å². The number of nitrogens with zero attached hydrogens (tertiary/aromatic N) is 2. The fraction of sp³-hybridized carbons (Fsp3) is 0.188. The molecule has 2 rings (SSSR count). The molecule has 0 aliphatic carbocycles. The molecule has 0 bridgehead atoms. The molecule has 1 aromatic heterocycles. The van der Waals surface area contributed by atoms with E-state index in [9.17, 15) is 4.79 Å². The molecule has 0 aliphatic rings. The summed E-state index contributed by atoms with van der Waals surface area (Å²) < 4.78 is 5.24. The number of pyridine rings is 1. The molecule has 0 spiro atoms. The summed E-state index contributed by atoms with van der Waals surface area (Å²) in [6, 6.07) is 10.7. The van der Waals surface area contributed by atoms with Crippen LogP contribution in [0.3, 0.4) is 0 Å². The summed E-state index contributed by atoms with van der Waals surface area (Å²) in [5.41, 5.74) is 3.02. The van der Waals surface area contributed by atoms with Crippen molar-refractivity contribution in [3.63, 3.8) is 0 Å². The van der Waals surface area contributed by atoms with Gasteiger partial charge in [-0.25, -0.2) is 9.78 Å². The molecule has 4 nitrogen and oxygen atoms in total. The SMILES string of the molecule is Cc1cc(C)c(C(=O)OCc2cccc(C#N)c2)c(Cl)n1. The Bertz CT molecular complexity index is 712. The van der Waals surface area contributed by atoms with Crippen LogP contribution in [0.4, 0.5) is 0 Å². The lowest BCUT2D eigenvalue weighted by atomic mass is 10.1. The number of benzene rings is 1. The molecule has 106 valence electrons. The predicted octanol–water partition coefficient (Wildman–Crippen LogP) is 3.58. The molecule has 1 heterocycles. The number of carbonyl (C=O) groups excluding carboxylic acids is 1. The van der Waals surface area contributed by atoms with E-state index in [0.717, 1.165) is 16.8 Å². The minimum Gasteiger partial charge on any atom is -0.457 e. The molecule has 1 aromatic carbocycles. The Morgan fingerprint density at radius 2 is 2.14 bits per heavy atom. The summed E-state index contributed by atoms with van der Waals surface area (Å²) in [7, 11) is 0. The predicted molar refractivity (Wildman–Crippen MR) is 79.0 cm³/mol. The van der Waals surface area contributed by atoms with Gasteiger partial charge in [-0.2, -0.15) is 5.26 Å². The molecular weight excluding hydrogens is 288 g/mol. The van der Waals surface area contributed by atoms with Crippen molar-refractivity contribution in [1.29, 1.82) is 5.26 Å². The average Bonchev–Trinajstić information content (AvgIpc) is 2.44. The Morgan fingerprint density at radius 3 is 2.81 bits per heavy atom. The van der Waals surface area contributed by atoms with Crippen molar-refractivity contribution < 1.29 is 9.53 Å². The van der Waals surface area contributed by atoms with Gasteiger partial charge in [0.25, 0.3) is 0 Å². The highest BCUT2D eigenvalue weighted by Crippen LogP contribution is 2.20. The van der Waals surface area contributed by atoms with E-state index in [2.05, 4.69) is 4.98 Å². The first-order chi connectivity index (χ1) is 10.0. The molecule has 0 aliphatic heterocycles. The van der Waals surface area contributed by atoms with Gasteiger partial charge in [-0.05, 0) is 43.2 Å². The minimum absolute atomic E-state index is 0.0813. The minimum atomic E-state index is -0.521. The fourth-order valence-corrected chi connectivity index (χ4v) is 2.35. The molecule has 0 unspecified atom stereocenters. The Labute approximate surface area is 128 Å². The van der Waals surface area contributed by atoms with Crippen molar-refractivity contribution in [3.8, 4) is 6.07 Å². The van der Waals surface area contributed by atoms with E-state index in [1.54, 1.807) is 44.2 Å². The van der Waals surface area contributed by atoms with Crippen LogP contribution in [0.5, 0.6) is 0 Å². The van der Waals surface area contributed by atoms with Gasteiger partial charge in [-0.3, -0.25) is 0 Å². The van der Waals surface area contributed by atoms with E-state index < -0.39 is 5.97 Å². The smallest absolute Gasteiger partial charge is 0.341 e. The van der Waals surface area contributed by atoms with Gasteiger partial charge in [0.15, 0.2) is 0 Å². The lowest BCUT2D eigenvalue weighted by Crippen LogP contribution is -2.09.